The summed E-state index contributed by atoms with van der Waals surface area (Å²) in [7, 11) is 0. The summed E-state index contributed by atoms with van der Waals surface area (Å²) in [5.74, 6) is 0.802. The summed E-state index contributed by atoms with van der Waals surface area (Å²) in [6, 6.07) is 17.2. The Morgan fingerprint density at radius 1 is 1.09 bits per heavy atom. The SMILES string of the molecule is CCOC(=O)c1cc(-c2ccc(C)cc2)n(CC(=O)NC[C@H]2COc3ccccc3O2)c1C. The Hall–Kier alpha value is -3.74. The normalized spacial score (nSPS) is 14.6. The Morgan fingerprint density at radius 3 is 2.55 bits per heavy atom. The van der Waals surface area contributed by atoms with Crippen LogP contribution in [0.25, 0.3) is 11.3 Å². The molecule has 1 aliphatic rings. The zero-order valence-electron chi connectivity index (χ0n) is 19.1. The van der Waals surface area contributed by atoms with Gasteiger partial charge in [-0.2, -0.15) is 0 Å². The van der Waals surface area contributed by atoms with Crippen LogP contribution >= 0.6 is 0 Å². The molecular weight excluding hydrogens is 420 g/mol. The maximum atomic E-state index is 12.9. The molecule has 1 amide bonds. The van der Waals surface area contributed by atoms with Gasteiger partial charge in [0.05, 0.1) is 18.7 Å². The number of nitrogens with one attached hydrogen (secondary N) is 1. The maximum absolute atomic E-state index is 12.9. The standard InChI is InChI=1S/C26H28N2O5/c1-4-31-26(30)21-13-22(19-11-9-17(2)10-12-19)28(18(21)3)15-25(29)27-14-20-16-32-23-7-5-6-8-24(23)33-20/h5-13,20H,4,14-16H2,1-3H3,(H,27,29)/t20-/m0/s1. The summed E-state index contributed by atoms with van der Waals surface area (Å²) in [5, 5.41) is 2.93. The van der Waals surface area contributed by atoms with Gasteiger partial charge in [-0.25, -0.2) is 4.79 Å². The number of nitrogens with zero attached hydrogens (tertiary/aromatic N) is 1. The van der Waals surface area contributed by atoms with Gasteiger partial charge >= 0.3 is 5.97 Å². The zero-order valence-corrected chi connectivity index (χ0v) is 19.1. The third-order valence-electron chi connectivity index (χ3n) is 5.61. The highest BCUT2D eigenvalue weighted by Crippen LogP contribution is 2.31. The number of fused-ring (bicyclic) bond motifs is 1. The molecule has 0 aliphatic carbocycles. The second-order valence-electron chi connectivity index (χ2n) is 8.00. The van der Waals surface area contributed by atoms with Gasteiger partial charge in [-0.05, 0) is 44.5 Å². The van der Waals surface area contributed by atoms with E-state index in [9.17, 15) is 9.59 Å². The van der Waals surface area contributed by atoms with Crippen molar-refractivity contribution in [1.82, 2.24) is 9.88 Å². The van der Waals surface area contributed by atoms with Crippen LogP contribution in [0.1, 0.15) is 28.5 Å². The van der Waals surface area contributed by atoms with Gasteiger partial charge in [0.15, 0.2) is 11.5 Å². The van der Waals surface area contributed by atoms with Crippen LogP contribution in [0.2, 0.25) is 0 Å². The highest BCUT2D eigenvalue weighted by molar-refractivity contribution is 5.93. The molecule has 0 radical (unpaired) electrons. The molecule has 0 spiro atoms. The lowest BCUT2D eigenvalue weighted by Gasteiger charge is -2.26. The molecule has 1 aliphatic heterocycles. The van der Waals surface area contributed by atoms with Crippen molar-refractivity contribution in [2.24, 2.45) is 0 Å². The largest absolute Gasteiger partial charge is 0.486 e. The van der Waals surface area contributed by atoms with E-state index in [0.29, 0.717) is 35.9 Å². The monoisotopic (exact) mass is 448 g/mol. The molecule has 0 unspecified atom stereocenters. The molecule has 7 heteroatoms. The highest BCUT2D eigenvalue weighted by atomic mass is 16.6. The summed E-state index contributed by atoms with van der Waals surface area (Å²) in [4.78, 5) is 25.3. The Morgan fingerprint density at radius 2 is 1.82 bits per heavy atom. The second-order valence-corrected chi connectivity index (χ2v) is 8.00. The molecule has 4 rings (SSSR count). The predicted molar refractivity (Wildman–Crippen MR) is 125 cm³/mol. The third-order valence-corrected chi connectivity index (χ3v) is 5.61. The first-order valence-electron chi connectivity index (χ1n) is 11.1. The van der Waals surface area contributed by atoms with Gasteiger partial charge < -0.3 is 24.1 Å². The van der Waals surface area contributed by atoms with Crippen molar-refractivity contribution in [2.75, 3.05) is 19.8 Å². The number of benzene rings is 2. The van der Waals surface area contributed by atoms with E-state index in [2.05, 4.69) is 5.32 Å². The maximum Gasteiger partial charge on any atom is 0.339 e. The summed E-state index contributed by atoms with van der Waals surface area (Å²) in [6.45, 7) is 6.65. The van der Waals surface area contributed by atoms with E-state index in [-0.39, 0.29) is 25.2 Å². The fourth-order valence-electron chi connectivity index (χ4n) is 3.82. The third kappa shape index (κ3) is 5.03. The number of esters is 1. The van der Waals surface area contributed by atoms with Gasteiger partial charge in [0.2, 0.25) is 5.91 Å². The van der Waals surface area contributed by atoms with Gasteiger partial charge in [-0.3, -0.25) is 4.79 Å². The molecule has 7 nitrogen and oxygen atoms in total. The van der Waals surface area contributed by atoms with Crippen LogP contribution in [0.4, 0.5) is 0 Å². The average Bonchev–Trinajstić information content (AvgIpc) is 3.14. The molecule has 1 atom stereocenters. The first-order chi connectivity index (χ1) is 16.0. The number of aryl methyl sites for hydroxylation is 1. The lowest BCUT2D eigenvalue weighted by molar-refractivity contribution is -0.122. The molecule has 1 N–H and O–H groups in total. The van der Waals surface area contributed by atoms with Crippen LogP contribution in [-0.2, 0) is 16.1 Å². The quantitative estimate of drug-likeness (QED) is 0.555. The topological polar surface area (TPSA) is 78.8 Å². The van der Waals surface area contributed by atoms with E-state index < -0.39 is 5.97 Å². The Bertz CT molecular complexity index is 1150. The van der Waals surface area contributed by atoms with Crippen LogP contribution in [0.3, 0.4) is 0 Å². The van der Waals surface area contributed by atoms with Crippen LogP contribution < -0.4 is 14.8 Å². The lowest BCUT2D eigenvalue weighted by Crippen LogP contribution is -2.41. The number of hydrogen-bond acceptors (Lipinski definition) is 5. The molecule has 2 aromatic carbocycles. The number of rotatable bonds is 7. The molecule has 0 saturated carbocycles. The number of hydrogen-bond donors (Lipinski definition) is 1. The molecule has 33 heavy (non-hydrogen) atoms. The van der Waals surface area contributed by atoms with E-state index >= 15 is 0 Å². The van der Waals surface area contributed by atoms with Gasteiger partial charge in [0.25, 0.3) is 0 Å². The summed E-state index contributed by atoms with van der Waals surface area (Å²) >= 11 is 0. The second kappa shape index (κ2) is 9.81. The average molecular weight is 449 g/mol. The van der Waals surface area contributed by atoms with Crippen molar-refractivity contribution in [3.05, 3.63) is 71.4 Å². The van der Waals surface area contributed by atoms with Gasteiger partial charge in [-0.15, -0.1) is 0 Å². The Labute approximate surface area is 193 Å². The lowest BCUT2D eigenvalue weighted by atomic mass is 10.1. The number of carbonyl (C=O) groups is 2. The predicted octanol–water partition coefficient (Wildman–Crippen LogP) is 3.90. The van der Waals surface area contributed by atoms with Crippen molar-refractivity contribution in [3.63, 3.8) is 0 Å². The number of ether oxygens (including phenoxy) is 3. The first kappa shape index (κ1) is 22.5. The molecule has 0 saturated heterocycles. The van der Waals surface area contributed by atoms with E-state index in [0.717, 1.165) is 16.8 Å². The van der Waals surface area contributed by atoms with Crippen molar-refractivity contribution in [3.8, 4) is 22.8 Å². The minimum absolute atomic E-state index is 0.0681. The van der Waals surface area contributed by atoms with Crippen LogP contribution in [0.15, 0.2) is 54.6 Å². The number of aromatic nitrogens is 1. The molecule has 0 bridgehead atoms. The molecule has 1 aromatic heterocycles. The minimum Gasteiger partial charge on any atom is -0.486 e. The van der Waals surface area contributed by atoms with E-state index in [1.165, 1.54) is 0 Å². The van der Waals surface area contributed by atoms with Crippen LogP contribution in [0.5, 0.6) is 11.5 Å². The van der Waals surface area contributed by atoms with E-state index in [4.69, 9.17) is 14.2 Å². The molecule has 0 fully saturated rings. The van der Waals surface area contributed by atoms with Crippen molar-refractivity contribution >= 4 is 11.9 Å². The van der Waals surface area contributed by atoms with E-state index in [1.54, 1.807) is 13.0 Å². The van der Waals surface area contributed by atoms with Crippen molar-refractivity contribution in [1.29, 1.82) is 0 Å². The van der Waals surface area contributed by atoms with Crippen LogP contribution in [-0.4, -0.2) is 42.3 Å². The molecule has 172 valence electrons. The smallest absolute Gasteiger partial charge is 0.339 e. The van der Waals surface area contributed by atoms with Crippen molar-refractivity contribution in [2.45, 2.75) is 33.4 Å². The Kier molecular flexibility index (Phi) is 6.68. The molecular formula is C26H28N2O5. The van der Waals surface area contributed by atoms with Gasteiger partial charge in [-0.1, -0.05) is 42.0 Å². The van der Waals surface area contributed by atoms with E-state index in [1.807, 2.05) is 66.9 Å². The van der Waals surface area contributed by atoms with Crippen molar-refractivity contribution < 1.29 is 23.8 Å². The number of carbonyl (C=O) groups excluding carboxylic acids is 2. The highest BCUT2D eigenvalue weighted by Gasteiger charge is 2.23. The van der Waals surface area contributed by atoms with Gasteiger partial charge in [0, 0.05) is 11.4 Å². The number of para-hydroxylation sites is 2. The summed E-state index contributed by atoms with van der Waals surface area (Å²) in [6.07, 6.45) is -0.277. The molecule has 3 aromatic rings. The van der Waals surface area contributed by atoms with Crippen LogP contribution in [0, 0.1) is 13.8 Å². The molecule has 2 heterocycles. The van der Waals surface area contributed by atoms with Gasteiger partial charge in [0.1, 0.15) is 19.3 Å². The number of amides is 1. The fraction of sp³-hybridized carbons (Fsp3) is 0.308. The minimum atomic E-state index is -0.395. The summed E-state index contributed by atoms with van der Waals surface area (Å²) in [5.41, 5.74) is 3.99. The zero-order chi connectivity index (χ0) is 23.4. The first-order valence-corrected chi connectivity index (χ1v) is 11.1. The summed E-state index contributed by atoms with van der Waals surface area (Å²) < 4.78 is 18.7. The fourth-order valence-corrected chi connectivity index (χ4v) is 3.82. The Balaban J connectivity index is 1.49.